The first kappa shape index (κ1) is 19.3. The van der Waals surface area contributed by atoms with Crippen LogP contribution in [-0.2, 0) is 27.8 Å². The van der Waals surface area contributed by atoms with Gasteiger partial charge in [0.25, 0.3) is 0 Å². The number of aryl methyl sites for hydroxylation is 1. The highest BCUT2D eigenvalue weighted by Crippen LogP contribution is 2.16. The van der Waals surface area contributed by atoms with E-state index in [2.05, 4.69) is 16.1 Å². The molecule has 2 aromatic heterocycles. The van der Waals surface area contributed by atoms with Gasteiger partial charge in [0.2, 0.25) is 15.9 Å². The Hall–Kier alpha value is -2.42. The van der Waals surface area contributed by atoms with Gasteiger partial charge in [0.15, 0.2) is 0 Å². The fourth-order valence-corrected chi connectivity index (χ4v) is 4.23. The van der Waals surface area contributed by atoms with E-state index < -0.39 is 10.0 Å². The summed E-state index contributed by atoms with van der Waals surface area (Å²) < 4.78 is 32.1. The molecule has 0 bridgehead atoms. The normalized spacial score (nSPS) is 11.4. The predicted octanol–water partition coefficient (Wildman–Crippen LogP) is 3.78. The Morgan fingerprint density at radius 2 is 1.89 bits per heavy atom. The molecule has 142 valence electrons. The number of hydrogen-bond acceptors (Lipinski definition) is 5. The number of thiophene rings is 1. The Morgan fingerprint density at radius 1 is 1.07 bits per heavy atom. The van der Waals surface area contributed by atoms with E-state index >= 15 is 0 Å². The van der Waals surface area contributed by atoms with Crippen molar-refractivity contribution in [1.82, 2.24) is 4.72 Å². The Kier molecular flexibility index (Phi) is 6.44. The van der Waals surface area contributed by atoms with Crippen molar-refractivity contribution in [3.05, 3.63) is 70.8 Å². The zero-order chi connectivity index (χ0) is 19.1. The third-order valence-electron chi connectivity index (χ3n) is 3.87. The molecule has 2 N–H and O–H groups in total. The van der Waals surface area contributed by atoms with Crippen LogP contribution in [0.15, 0.2) is 69.5 Å². The van der Waals surface area contributed by atoms with E-state index in [1.54, 1.807) is 35.6 Å². The minimum absolute atomic E-state index is 0.0814. The molecule has 3 aromatic rings. The van der Waals surface area contributed by atoms with Gasteiger partial charge in [-0.1, -0.05) is 6.07 Å². The van der Waals surface area contributed by atoms with Crippen LogP contribution in [0.4, 0.5) is 5.69 Å². The van der Waals surface area contributed by atoms with Gasteiger partial charge < -0.3 is 9.73 Å². The van der Waals surface area contributed by atoms with Crippen molar-refractivity contribution < 1.29 is 17.6 Å². The molecule has 0 spiro atoms. The van der Waals surface area contributed by atoms with Crippen molar-refractivity contribution in [2.45, 2.75) is 30.7 Å². The van der Waals surface area contributed by atoms with Crippen molar-refractivity contribution in [2.24, 2.45) is 0 Å². The van der Waals surface area contributed by atoms with E-state index in [9.17, 15) is 13.2 Å². The van der Waals surface area contributed by atoms with Crippen molar-refractivity contribution in [1.29, 1.82) is 0 Å². The highest BCUT2D eigenvalue weighted by Gasteiger charge is 2.14. The molecule has 0 atom stereocenters. The number of anilines is 1. The summed E-state index contributed by atoms with van der Waals surface area (Å²) >= 11 is 1.69. The van der Waals surface area contributed by atoms with Gasteiger partial charge in [0, 0.05) is 17.0 Å². The molecule has 1 aromatic carbocycles. The Labute approximate surface area is 162 Å². The van der Waals surface area contributed by atoms with Gasteiger partial charge in [0.1, 0.15) is 5.76 Å². The maximum atomic E-state index is 12.3. The molecule has 27 heavy (non-hydrogen) atoms. The molecular formula is C19H20N2O4S2. The lowest BCUT2D eigenvalue weighted by molar-refractivity contribution is -0.116. The molecule has 1 amide bonds. The van der Waals surface area contributed by atoms with Crippen molar-refractivity contribution in [3.63, 3.8) is 0 Å². The zero-order valence-corrected chi connectivity index (χ0v) is 16.2. The first-order valence-electron chi connectivity index (χ1n) is 8.47. The van der Waals surface area contributed by atoms with Crippen molar-refractivity contribution in [2.75, 3.05) is 5.32 Å². The van der Waals surface area contributed by atoms with Gasteiger partial charge in [-0.15, -0.1) is 11.3 Å². The van der Waals surface area contributed by atoms with Crippen molar-refractivity contribution >= 4 is 33.0 Å². The number of rotatable bonds is 9. The van der Waals surface area contributed by atoms with Gasteiger partial charge >= 0.3 is 0 Å². The maximum absolute atomic E-state index is 12.3. The molecule has 0 fully saturated rings. The summed E-state index contributed by atoms with van der Waals surface area (Å²) in [5, 5.41) is 4.81. The largest absolute Gasteiger partial charge is 0.468 e. The second kappa shape index (κ2) is 8.98. The van der Waals surface area contributed by atoms with E-state index in [-0.39, 0.29) is 17.3 Å². The molecule has 0 radical (unpaired) electrons. The van der Waals surface area contributed by atoms with Crippen LogP contribution in [0.3, 0.4) is 0 Å². The summed E-state index contributed by atoms with van der Waals surface area (Å²) in [5.41, 5.74) is 0.570. The first-order chi connectivity index (χ1) is 13.0. The molecule has 0 aliphatic heterocycles. The van der Waals surface area contributed by atoms with Crippen LogP contribution in [0.2, 0.25) is 0 Å². The molecule has 0 aliphatic rings. The number of amides is 1. The summed E-state index contributed by atoms with van der Waals surface area (Å²) in [7, 11) is -3.64. The lowest BCUT2D eigenvalue weighted by Gasteiger charge is -2.08. The minimum Gasteiger partial charge on any atom is -0.468 e. The smallest absolute Gasteiger partial charge is 0.240 e. The average molecular weight is 405 g/mol. The van der Waals surface area contributed by atoms with Gasteiger partial charge in [-0.3, -0.25) is 4.79 Å². The molecule has 8 heteroatoms. The Morgan fingerprint density at radius 3 is 2.56 bits per heavy atom. The molecule has 0 aliphatic carbocycles. The van der Waals surface area contributed by atoms with Crippen LogP contribution < -0.4 is 10.0 Å². The second-order valence-corrected chi connectivity index (χ2v) is 8.71. The SMILES string of the molecule is O=C(CCCc1cccs1)Nc1ccc(S(=O)(=O)NCc2ccco2)cc1. The Balaban J connectivity index is 1.49. The standard InChI is InChI=1S/C19H20N2O4S2/c22-19(7-1-5-17-6-3-13-26-17)21-15-8-10-18(11-9-15)27(23,24)20-14-16-4-2-12-25-16/h2-4,6,8-13,20H,1,5,7,14H2,(H,21,22). The first-order valence-corrected chi connectivity index (χ1v) is 10.8. The van der Waals surface area contributed by atoms with Crippen molar-refractivity contribution in [3.8, 4) is 0 Å². The molecule has 0 saturated heterocycles. The third kappa shape index (κ3) is 5.78. The van der Waals surface area contributed by atoms with E-state index in [0.29, 0.717) is 17.9 Å². The summed E-state index contributed by atoms with van der Waals surface area (Å²) in [6.07, 6.45) is 3.56. The van der Waals surface area contributed by atoms with E-state index in [1.807, 2.05) is 11.4 Å². The van der Waals surface area contributed by atoms with E-state index in [4.69, 9.17) is 4.42 Å². The van der Waals surface area contributed by atoms with Crippen LogP contribution in [-0.4, -0.2) is 14.3 Å². The van der Waals surface area contributed by atoms with Crippen LogP contribution >= 0.6 is 11.3 Å². The second-order valence-electron chi connectivity index (χ2n) is 5.91. The average Bonchev–Trinajstić information content (AvgIpc) is 3.34. The highest BCUT2D eigenvalue weighted by atomic mass is 32.2. The predicted molar refractivity (Wildman–Crippen MR) is 105 cm³/mol. The van der Waals surface area contributed by atoms with Gasteiger partial charge in [0.05, 0.1) is 17.7 Å². The lowest BCUT2D eigenvalue weighted by Crippen LogP contribution is -2.23. The number of carbonyl (C=O) groups is 1. The minimum atomic E-state index is -3.64. The zero-order valence-electron chi connectivity index (χ0n) is 14.6. The fourth-order valence-electron chi connectivity index (χ4n) is 2.48. The maximum Gasteiger partial charge on any atom is 0.240 e. The van der Waals surface area contributed by atoms with Crippen LogP contribution in [0, 0.1) is 0 Å². The molecular weight excluding hydrogens is 384 g/mol. The number of carbonyl (C=O) groups excluding carboxylic acids is 1. The van der Waals surface area contributed by atoms with Gasteiger partial charge in [-0.2, -0.15) is 0 Å². The summed E-state index contributed by atoms with van der Waals surface area (Å²) in [6.45, 7) is 0.0814. The monoisotopic (exact) mass is 404 g/mol. The van der Waals surface area contributed by atoms with Crippen LogP contribution in [0.1, 0.15) is 23.5 Å². The quantitative estimate of drug-likeness (QED) is 0.568. The van der Waals surface area contributed by atoms with E-state index in [0.717, 1.165) is 12.8 Å². The van der Waals surface area contributed by atoms with Crippen LogP contribution in [0.25, 0.3) is 0 Å². The fraction of sp³-hybridized carbons (Fsp3) is 0.211. The highest BCUT2D eigenvalue weighted by molar-refractivity contribution is 7.89. The molecule has 2 heterocycles. The van der Waals surface area contributed by atoms with Gasteiger partial charge in [-0.25, -0.2) is 13.1 Å². The topological polar surface area (TPSA) is 88.4 Å². The van der Waals surface area contributed by atoms with E-state index in [1.165, 1.54) is 23.3 Å². The number of furan rings is 1. The number of hydrogen-bond donors (Lipinski definition) is 2. The Bertz CT molecular complexity index is 948. The van der Waals surface area contributed by atoms with Crippen LogP contribution in [0.5, 0.6) is 0 Å². The third-order valence-corrected chi connectivity index (χ3v) is 6.23. The number of benzene rings is 1. The molecule has 0 saturated carbocycles. The molecule has 3 rings (SSSR count). The lowest BCUT2D eigenvalue weighted by atomic mass is 10.2. The number of nitrogens with one attached hydrogen (secondary N) is 2. The summed E-state index contributed by atoms with van der Waals surface area (Å²) in [6, 6.07) is 13.5. The summed E-state index contributed by atoms with van der Waals surface area (Å²) in [4.78, 5) is 13.4. The molecule has 6 nitrogen and oxygen atoms in total. The number of sulfonamides is 1. The molecule has 0 unspecified atom stereocenters. The van der Waals surface area contributed by atoms with Gasteiger partial charge in [-0.05, 0) is 60.7 Å². The summed E-state index contributed by atoms with van der Waals surface area (Å²) in [5.74, 6) is 0.447.